The van der Waals surface area contributed by atoms with E-state index in [9.17, 15) is 18.4 Å². The first-order chi connectivity index (χ1) is 19.7. The van der Waals surface area contributed by atoms with E-state index in [0.717, 1.165) is 50.1 Å². The summed E-state index contributed by atoms with van der Waals surface area (Å²) in [6.45, 7) is 4.28. The van der Waals surface area contributed by atoms with Crippen LogP contribution < -0.4 is 4.90 Å². The average molecular weight is 563 g/mol. The van der Waals surface area contributed by atoms with Gasteiger partial charge in [0.05, 0.1) is 11.3 Å². The van der Waals surface area contributed by atoms with Gasteiger partial charge in [-0.3, -0.25) is 14.6 Å². The SMILES string of the molecule is CC1(C)C2=NC(N(c3ccccc3)c3ccccc3)CC=C2c2sc(C=C3C(=O)c4cc(F)c(F)cc4C3=O)cc21. The van der Waals surface area contributed by atoms with Crippen LogP contribution in [0.2, 0.25) is 0 Å². The number of Topliss-reactive ketones (excluding diaryl/α,β-unsaturated/α-hetero) is 2. The third-order valence-corrected chi connectivity index (χ3v) is 9.13. The second-order valence-electron chi connectivity index (χ2n) is 10.9. The van der Waals surface area contributed by atoms with Gasteiger partial charge in [0, 0.05) is 49.7 Å². The van der Waals surface area contributed by atoms with Crippen molar-refractivity contribution < 1.29 is 18.4 Å². The van der Waals surface area contributed by atoms with Crippen LogP contribution in [0.1, 0.15) is 56.3 Å². The Bertz CT molecular complexity index is 1770. The Hall–Kier alpha value is -4.49. The van der Waals surface area contributed by atoms with E-state index in [1.807, 2.05) is 42.5 Å². The number of halogens is 2. The van der Waals surface area contributed by atoms with Crippen LogP contribution in [0.3, 0.4) is 0 Å². The van der Waals surface area contributed by atoms with Crippen LogP contribution in [0.15, 0.2) is 95.5 Å². The summed E-state index contributed by atoms with van der Waals surface area (Å²) in [5.74, 6) is -3.45. The van der Waals surface area contributed by atoms with Gasteiger partial charge in [-0.25, -0.2) is 8.78 Å². The molecule has 0 bridgehead atoms. The fraction of sp³-hybridized carbons (Fsp3) is 0.147. The zero-order chi connectivity index (χ0) is 28.5. The van der Waals surface area contributed by atoms with E-state index >= 15 is 0 Å². The molecule has 1 atom stereocenters. The number of nitrogens with zero attached hydrogens (tertiary/aromatic N) is 2. The van der Waals surface area contributed by atoms with Crippen LogP contribution in [0, 0.1) is 11.6 Å². The van der Waals surface area contributed by atoms with Gasteiger partial charge in [0.15, 0.2) is 23.2 Å². The summed E-state index contributed by atoms with van der Waals surface area (Å²) in [5.41, 5.74) is 4.64. The molecule has 202 valence electrons. The highest BCUT2D eigenvalue weighted by molar-refractivity contribution is 7.15. The van der Waals surface area contributed by atoms with Crippen molar-refractivity contribution in [1.29, 1.82) is 0 Å². The van der Waals surface area contributed by atoms with Gasteiger partial charge in [-0.1, -0.05) is 56.3 Å². The topological polar surface area (TPSA) is 49.7 Å². The molecule has 3 aromatic carbocycles. The summed E-state index contributed by atoms with van der Waals surface area (Å²) in [4.78, 5) is 35.3. The average Bonchev–Trinajstić information content (AvgIpc) is 3.57. The lowest BCUT2D eigenvalue weighted by Crippen LogP contribution is -2.35. The quantitative estimate of drug-likeness (QED) is 0.186. The summed E-state index contributed by atoms with van der Waals surface area (Å²) in [7, 11) is 0. The van der Waals surface area contributed by atoms with E-state index in [2.05, 4.69) is 49.1 Å². The molecule has 7 heteroatoms. The summed E-state index contributed by atoms with van der Waals surface area (Å²) in [6, 6.07) is 24.1. The molecule has 0 spiro atoms. The van der Waals surface area contributed by atoms with Gasteiger partial charge < -0.3 is 4.90 Å². The van der Waals surface area contributed by atoms with Gasteiger partial charge >= 0.3 is 0 Å². The maximum atomic E-state index is 13.8. The first-order valence-corrected chi connectivity index (χ1v) is 14.2. The van der Waals surface area contributed by atoms with Crippen LogP contribution in [0.4, 0.5) is 20.2 Å². The Kier molecular flexibility index (Phi) is 5.77. The molecule has 2 aliphatic carbocycles. The lowest BCUT2D eigenvalue weighted by atomic mass is 9.84. The van der Waals surface area contributed by atoms with Crippen molar-refractivity contribution in [2.45, 2.75) is 31.8 Å². The van der Waals surface area contributed by atoms with Gasteiger partial charge in [-0.15, -0.1) is 11.3 Å². The number of ketones is 2. The Morgan fingerprint density at radius 3 is 2.00 bits per heavy atom. The van der Waals surface area contributed by atoms with Gasteiger partial charge in [-0.2, -0.15) is 0 Å². The molecular weight excluding hydrogens is 538 g/mol. The molecule has 0 saturated heterocycles. The van der Waals surface area contributed by atoms with Crippen LogP contribution in [-0.4, -0.2) is 23.4 Å². The Morgan fingerprint density at radius 2 is 1.44 bits per heavy atom. The Labute approximate surface area is 240 Å². The molecule has 41 heavy (non-hydrogen) atoms. The second-order valence-corrected chi connectivity index (χ2v) is 12.0. The number of dihydropyridines is 1. The number of aliphatic imine (C=N–C) groups is 1. The van der Waals surface area contributed by atoms with E-state index < -0.39 is 28.6 Å². The number of hydrogen-bond acceptors (Lipinski definition) is 5. The number of hydrogen-bond donors (Lipinski definition) is 0. The van der Waals surface area contributed by atoms with Crippen molar-refractivity contribution in [3.8, 4) is 0 Å². The zero-order valence-electron chi connectivity index (χ0n) is 22.3. The maximum Gasteiger partial charge on any atom is 0.197 e. The number of anilines is 2. The van der Waals surface area contributed by atoms with Crippen molar-refractivity contribution in [3.05, 3.63) is 129 Å². The highest BCUT2D eigenvalue weighted by Crippen LogP contribution is 2.50. The van der Waals surface area contributed by atoms with Crippen molar-refractivity contribution in [1.82, 2.24) is 0 Å². The number of rotatable bonds is 4. The number of allylic oxidation sites excluding steroid dienone is 2. The fourth-order valence-corrected chi connectivity index (χ4v) is 7.29. The van der Waals surface area contributed by atoms with E-state index in [0.29, 0.717) is 6.42 Å². The molecular formula is C34H24F2N2O2S. The molecule has 2 heterocycles. The number of benzene rings is 3. The summed E-state index contributed by atoms with van der Waals surface area (Å²) >= 11 is 1.50. The van der Waals surface area contributed by atoms with Crippen LogP contribution in [0.25, 0.3) is 11.6 Å². The third kappa shape index (κ3) is 3.95. The van der Waals surface area contributed by atoms with Crippen LogP contribution in [0.5, 0.6) is 0 Å². The first kappa shape index (κ1) is 25.5. The van der Waals surface area contributed by atoms with Crippen LogP contribution >= 0.6 is 11.3 Å². The molecule has 0 N–H and O–H groups in total. The summed E-state index contributed by atoms with van der Waals surface area (Å²) in [6.07, 6.45) is 4.37. The highest BCUT2D eigenvalue weighted by atomic mass is 32.1. The summed E-state index contributed by atoms with van der Waals surface area (Å²) in [5, 5.41) is 0. The number of carbonyl (C=O) groups is 2. The molecule has 1 aromatic heterocycles. The molecule has 0 amide bonds. The highest BCUT2D eigenvalue weighted by Gasteiger charge is 2.44. The molecule has 1 unspecified atom stereocenters. The largest absolute Gasteiger partial charge is 0.319 e. The van der Waals surface area contributed by atoms with E-state index in [4.69, 9.17) is 4.99 Å². The van der Waals surface area contributed by atoms with Crippen molar-refractivity contribution >= 4 is 51.6 Å². The lowest BCUT2D eigenvalue weighted by Gasteiger charge is -2.34. The van der Waals surface area contributed by atoms with Gasteiger partial charge in [0.2, 0.25) is 0 Å². The van der Waals surface area contributed by atoms with Crippen molar-refractivity contribution in [2.75, 3.05) is 4.90 Å². The van der Waals surface area contributed by atoms with E-state index in [1.165, 1.54) is 11.3 Å². The molecule has 4 aromatic rings. The summed E-state index contributed by atoms with van der Waals surface area (Å²) < 4.78 is 27.6. The fourth-order valence-electron chi connectivity index (χ4n) is 5.99. The number of para-hydroxylation sites is 2. The Balaban J connectivity index is 1.24. The Morgan fingerprint density at radius 1 is 0.878 bits per heavy atom. The molecule has 3 aliphatic rings. The lowest BCUT2D eigenvalue weighted by molar-refractivity contribution is 0.0990. The normalized spacial score (nSPS) is 18.4. The third-order valence-electron chi connectivity index (χ3n) is 8.02. The number of thiophene rings is 1. The maximum absolute atomic E-state index is 13.8. The molecule has 1 aliphatic heterocycles. The minimum Gasteiger partial charge on any atom is -0.319 e. The standard InChI is InChI=1S/C34H24F2N2O2S/c1-34(2)26-16-21(15-25-30(39)23-17-27(35)28(36)18-24(23)31(25)40)41-32(26)22-13-14-29(37-33(22)34)38(19-9-5-3-6-10-19)20-11-7-4-8-12-20/h3-13,15-18,29H,14H2,1-2H3. The number of fused-ring (bicyclic) bond motifs is 4. The van der Waals surface area contributed by atoms with Gasteiger partial charge in [0.25, 0.3) is 0 Å². The van der Waals surface area contributed by atoms with Crippen molar-refractivity contribution in [2.24, 2.45) is 4.99 Å². The molecule has 7 rings (SSSR count). The molecule has 4 nitrogen and oxygen atoms in total. The molecule has 0 saturated carbocycles. The molecule has 0 radical (unpaired) electrons. The first-order valence-electron chi connectivity index (χ1n) is 13.4. The van der Waals surface area contributed by atoms with Gasteiger partial charge in [-0.05, 0) is 54.1 Å². The predicted molar refractivity (Wildman–Crippen MR) is 159 cm³/mol. The monoisotopic (exact) mass is 562 g/mol. The smallest absolute Gasteiger partial charge is 0.197 e. The number of carbonyl (C=O) groups excluding carboxylic acids is 2. The zero-order valence-corrected chi connectivity index (χ0v) is 23.1. The van der Waals surface area contributed by atoms with E-state index in [-0.39, 0.29) is 22.9 Å². The predicted octanol–water partition coefficient (Wildman–Crippen LogP) is 8.17. The molecule has 0 fully saturated rings. The van der Waals surface area contributed by atoms with Crippen molar-refractivity contribution in [3.63, 3.8) is 0 Å². The minimum absolute atomic E-state index is 0.0735. The minimum atomic E-state index is -1.14. The van der Waals surface area contributed by atoms with E-state index in [1.54, 1.807) is 6.08 Å². The van der Waals surface area contributed by atoms with Crippen LogP contribution in [-0.2, 0) is 5.41 Å². The van der Waals surface area contributed by atoms with Gasteiger partial charge in [0.1, 0.15) is 6.17 Å². The second kappa shape index (κ2) is 9.28.